The molecule has 7 nitrogen and oxygen atoms in total. The van der Waals surface area contributed by atoms with E-state index in [4.69, 9.17) is 0 Å². The normalized spacial score (nSPS) is 16.8. The number of thioether (sulfide) groups is 1. The second-order valence-electron chi connectivity index (χ2n) is 6.90. The van der Waals surface area contributed by atoms with Crippen LogP contribution in [0.1, 0.15) is 6.42 Å². The molecule has 154 valence electrons. The van der Waals surface area contributed by atoms with E-state index in [2.05, 4.69) is 9.71 Å². The summed E-state index contributed by atoms with van der Waals surface area (Å²) in [5.41, 5.74) is 1.21. The third-order valence-electron chi connectivity index (χ3n) is 5.01. The molecule has 0 aliphatic carbocycles. The van der Waals surface area contributed by atoms with Gasteiger partial charge in [-0.1, -0.05) is 6.07 Å². The molecule has 1 fully saturated rings. The van der Waals surface area contributed by atoms with Gasteiger partial charge in [-0.2, -0.15) is 0 Å². The fourth-order valence-corrected chi connectivity index (χ4v) is 5.14. The highest BCUT2D eigenvalue weighted by Crippen LogP contribution is 2.28. The molecule has 9 heteroatoms. The Kier molecular flexibility index (Phi) is 5.48. The summed E-state index contributed by atoms with van der Waals surface area (Å²) in [7, 11) is -4.10. The number of carbonyl (C=O) groups is 2. The summed E-state index contributed by atoms with van der Waals surface area (Å²) in [6.45, 7) is 0.135. The molecule has 0 bridgehead atoms. The third-order valence-corrected chi connectivity index (χ3v) is 7.16. The van der Waals surface area contributed by atoms with Gasteiger partial charge in [0.25, 0.3) is 10.0 Å². The van der Waals surface area contributed by atoms with Crippen LogP contribution in [0.15, 0.2) is 70.6 Å². The van der Waals surface area contributed by atoms with Crippen molar-refractivity contribution in [1.82, 2.24) is 9.71 Å². The predicted octanol–water partition coefficient (Wildman–Crippen LogP) is 2.81. The lowest BCUT2D eigenvalue weighted by Gasteiger charge is -2.17. The van der Waals surface area contributed by atoms with Gasteiger partial charge < -0.3 is 4.90 Å². The summed E-state index contributed by atoms with van der Waals surface area (Å²) in [6, 6.07) is 15.4. The molecule has 1 saturated heterocycles. The molecule has 2 heterocycles. The number of hydrogen-bond acceptors (Lipinski definition) is 6. The average molecular weight is 442 g/mol. The highest BCUT2D eigenvalue weighted by atomic mass is 32.2. The Bertz CT molecular complexity index is 1220. The molecule has 0 saturated carbocycles. The first kappa shape index (κ1) is 20.4. The number of nitrogens with one attached hydrogen (secondary N) is 1. The van der Waals surface area contributed by atoms with Gasteiger partial charge in [0, 0.05) is 35.1 Å². The number of hydrogen-bond donors (Lipinski definition) is 1. The van der Waals surface area contributed by atoms with E-state index in [1.807, 2.05) is 30.5 Å². The van der Waals surface area contributed by atoms with Gasteiger partial charge in [-0.25, -0.2) is 13.1 Å². The molecular weight excluding hydrogens is 422 g/mol. The van der Waals surface area contributed by atoms with E-state index in [-0.39, 0.29) is 23.8 Å². The maximum Gasteiger partial charge on any atom is 0.264 e. The second kappa shape index (κ2) is 8.08. The molecule has 30 heavy (non-hydrogen) atoms. The average Bonchev–Trinajstić information content (AvgIpc) is 3.15. The fourth-order valence-electron chi connectivity index (χ4n) is 3.48. The summed E-state index contributed by atoms with van der Waals surface area (Å²) in [5.74, 6) is -1.65. The number of carbonyl (C=O) groups excluding carboxylic acids is 2. The Morgan fingerprint density at radius 3 is 2.63 bits per heavy atom. The zero-order valence-corrected chi connectivity index (χ0v) is 17.7. The largest absolute Gasteiger partial charge is 0.312 e. The minimum atomic E-state index is -4.10. The number of rotatable bonds is 5. The van der Waals surface area contributed by atoms with E-state index in [0.717, 1.165) is 4.90 Å². The zero-order chi connectivity index (χ0) is 21.3. The van der Waals surface area contributed by atoms with Gasteiger partial charge in [0.05, 0.1) is 16.3 Å². The number of benzene rings is 2. The lowest BCUT2D eigenvalue weighted by atomic mass is 10.1. The fraction of sp³-hybridized carbons (Fsp3) is 0.190. The molecule has 2 aromatic carbocycles. The van der Waals surface area contributed by atoms with Gasteiger partial charge in [0.1, 0.15) is 0 Å². The number of nitrogens with zero attached hydrogens (tertiary/aromatic N) is 2. The van der Waals surface area contributed by atoms with Crippen molar-refractivity contribution in [2.45, 2.75) is 16.2 Å². The maximum atomic E-state index is 12.9. The Hall–Kier alpha value is -2.91. The lowest BCUT2D eigenvalue weighted by molar-refractivity contribution is -0.124. The first-order valence-electron chi connectivity index (χ1n) is 9.24. The number of amides is 2. The topological polar surface area (TPSA) is 96.4 Å². The molecule has 1 unspecified atom stereocenters. The molecule has 4 rings (SSSR count). The van der Waals surface area contributed by atoms with Crippen LogP contribution >= 0.6 is 11.8 Å². The van der Waals surface area contributed by atoms with E-state index in [9.17, 15) is 18.0 Å². The first-order chi connectivity index (χ1) is 14.4. The van der Waals surface area contributed by atoms with Crippen molar-refractivity contribution in [2.24, 2.45) is 5.92 Å². The van der Waals surface area contributed by atoms with Crippen molar-refractivity contribution in [3.8, 4) is 0 Å². The predicted molar refractivity (Wildman–Crippen MR) is 116 cm³/mol. The number of pyridine rings is 1. The van der Waals surface area contributed by atoms with Gasteiger partial charge in [-0.15, -0.1) is 11.8 Å². The Morgan fingerprint density at radius 2 is 1.90 bits per heavy atom. The van der Waals surface area contributed by atoms with Crippen LogP contribution < -0.4 is 9.62 Å². The van der Waals surface area contributed by atoms with Gasteiger partial charge in [0.15, 0.2) is 0 Å². The van der Waals surface area contributed by atoms with Crippen molar-refractivity contribution >= 4 is 50.2 Å². The molecule has 3 aromatic rings. The minimum Gasteiger partial charge on any atom is -0.312 e. The van der Waals surface area contributed by atoms with Crippen molar-refractivity contribution in [2.75, 3.05) is 17.7 Å². The number of sulfonamides is 1. The summed E-state index contributed by atoms with van der Waals surface area (Å²) >= 11 is 1.59. The lowest BCUT2D eigenvalue weighted by Crippen LogP contribution is -2.37. The van der Waals surface area contributed by atoms with Gasteiger partial charge in [-0.05, 0) is 54.8 Å². The van der Waals surface area contributed by atoms with Crippen molar-refractivity contribution in [3.63, 3.8) is 0 Å². The van der Waals surface area contributed by atoms with Crippen molar-refractivity contribution < 1.29 is 18.0 Å². The molecular formula is C21H19N3O4S2. The van der Waals surface area contributed by atoms with Crippen LogP contribution in [0.25, 0.3) is 10.9 Å². The quantitative estimate of drug-likeness (QED) is 0.612. The van der Waals surface area contributed by atoms with E-state index >= 15 is 0 Å². The van der Waals surface area contributed by atoms with E-state index in [1.165, 1.54) is 11.0 Å². The summed E-state index contributed by atoms with van der Waals surface area (Å²) in [5, 5.41) is 0.429. The van der Waals surface area contributed by atoms with E-state index in [1.54, 1.807) is 42.2 Å². The van der Waals surface area contributed by atoms with Crippen LogP contribution in [-0.4, -0.2) is 38.0 Å². The molecule has 0 radical (unpaired) electrons. The Morgan fingerprint density at radius 1 is 1.13 bits per heavy atom. The van der Waals surface area contributed by atoms with Crippen LogP contribution in [0, 0.1) is 5.92 Å². The minimum absolute atomic E-state index is 0.0183. The number of fused-ring (bicyclic) bond motifs is 1. The molecule has 2 amide bonds. The SMILES string of the molecule is CSc1ccc(N2CC(C(=O)NS(=O)(=O)c3cccc4ncccc34)CC2=O)cc1. The Labute approximate surface area is 178 Å². The molecule has 1 N–H and O–H groups in total. The smallest absolute Gasteiger partial charge is 0.264 e. The summed E-state index contributed by atoms with van der Waals surface area (Å²) < 4.78 is 27.9. The van der Waals surface area contributed by atoms with Crippen LogP contribution in [0.2, 0.25) is 0 Å². The summed E-state index contributed by atoms with van der Waals surface area (Å²) in [6.07, 6.45) is 3.49. The third kappa shape index (κ3) is 3.90. The second-order valence-corrected chi connectivity index (χ2v) is 9.43. The molecule has 0 spiro atoms. The monoisotopic (exact) mass is 441 g/mol. The van der Waals surface area contributed by atoms with Gasteiger partial charge >= 0.3 is 0 Å². The van der Waals surface area contributed by atoms with Crippen LogP contribution in [0.4, 0.5) is 5.69 Å². The zero-order valence-electron chi connectivity index (χ0n) is 16.1. The standard InChI is InChI=1S/C21H19N3O4S2/c1-29-16-9-7-15(8-10-16)24-13-14(12-20(24)25)21(26)23-30(27,28)19-6-2-5-18-17(19)4-3-11-22-18/h2-11,14H,12-13H2,1H3,(H,23,26). The molecule has 1 aromatic heterocycles. The molecule has 1 aliphatic rings. The maximum absolute atomic E-state index is 12.9. The highest BCUT2D eigenvalue weighted by molar-refractivity contribution is 7.98. The van der Waals surface area contributed by atoms with Gasteiger partial charge in [-0.3, -0.25) is 14.6 Å². The number of anilines is 1. The van der Waals surface area contributed by atoms with Crippen molar-refractivity contribution in [1.29, 1.82) is 0 Å². The van der Waals surface area contributed by atoms with Gasteiger partial charge in [0.2, 0.25) is 11.8 Å². The van der Waals surface area contributed by atoms with Crippen LogP contribution in [-0.2, 0) is 19.6 Å². The first-order valence-corrected chi connectivity index (χ1v) is 11.9. The van der Waals surface area contributed by atoms with Crippen molar-refractivity contribution in [3.05, 3.63) is 60.8 Å². The molecule has 1 atom stereocenters. The van der Waals surface area contributed by atoms with Crippen LogP contribution in [0.5, 0.6) is 0 Å². The molecule has 1 aliphatic heterocycles. The highest BCUT2D eigenvalue weighted by Gasteiger charge is 2.37. The van der Waals surface area contributed by atoms with Crippen LogP contribution in [0.3, 0.4) is 0 Å². The number of aromatic nitrogens is 1. The van der Waals surface area contributed by atoms with E-state index < -0.39 is 21.8 Å². The summed E-state index contributed by atoms with van der Waals surface area (Å²) in [4.78, 5) is 31.9. The Balaban J connectivity index is 1.52. The van der Waals surface area contributed by atoms with E-state index in [0.29, 0.717) is 16.6 Å².